The van der Waals surface area contributed by atoms with Crippen molar-refractivity contribution < 1.29 is 19.1 Å². The Kier molecular flexibility index (Phi) is 5.75. The Bertz CT molecular complexity index is 1690. The number of morpholine rings is 1. The van der Waals surface area contributed by atoms with Gasteiger partial charge in [0.05, 0.1) is 60.3 Å². The third kappa shape index (κ3) is 4.37. The van der Waals surface area contributed by atoms with Gasteiger partial charge in [-0.2, -0.15) is 0 Å². The molecule has 0 saturated carbocycles. The average Bonchev–Trinajstić information content (AvgIpc) is 3.73. The van der Waals surface area contributed by atoms with Crippen molar-refractivity contribution in [3.05, 3.63) is 60.2 Å². The van der Waals surface area contributed by atoms with Crippen molar-refractivity contribution in [2.24, 2.45) is 7.05 Å². The van der Waals surface area contributed by atoms with Gasteiger partial charge in [0.1, 0.15) is 17.1 Å². The third-order valence-electron chi connectivity index (χ3n) is 7.83. The quantitative estimate of drug-likeness (QED) is 0.386. The highest BCUT2D eigenvalue weighted by Crippen LogP contribution is 2.39. The molecule has 2 bridgehead atoms. The maximum Gasteiger partial charge on any atom is 0.417 e. The number of carbonyl (C=O) groups excluding carboxylic acids is 2. The summed E-state index contributed by atoms with van der Waals surface area (Å²) in [6, 6.07) is 8.17. The van der Waals surface area contributed by atoms with E-state index in [0.717, 1.165) is 46.8 Å². The van der Waals surface area contributed by atoms with Crippen LogP contribution in [0, 0.1) is 0 Å². The van der Waals surface area contributed by atoms with E-state index in [1.54, 1.807) is 33.2 Å². The zero-order valence-electron chi connectivity index (χ0n) is 23.4. The van der Waals surface area contributed by atoms with E-state index in [1.807, 2.05) is 48.3 Å². The molecule has 210 valence electrons. The van der Waals surface area contributed by atoms with Crippen LogP contribution < -0.4 is 10.2 Å². The van der Waals surface area contributed by atoms with Crippen LogP contribution in [0.25, 0.3) is 22.3 Å². The Morgan fingerprint density at radius 1 is 1.12 bits per heavy atom. The second kappa shape index (κ2) is 9.27. The molecule has 3 aliphatic rings. The first-order valence-electron chi connectivity index (χ1n) is 13.7. The number of pyridine rings is 3. The molecule has 0 spiro atoms. The SMILES string of the molecule is Cn1ccc2c(-c3ncc(Nc4ccc(N5C[C@@H]6C[C@H]5CO6)cn4)c4c3CN(C(=O)OC(C)(C)C)C4=O)ccnc21. The Hall–Kier alpha value is -4.51. The molecule has 11 heteroatoms. The van der Waals surface area contributed by atoms with Crippen LogP contribution in [0.3, 0.4) is 0 Å². The highest BCUT2D eigenvalue weighted by atomic mass is 16.6. The normalized spacial score (nSPS) is 19.8. The maximum absolute atomic E-state index is 13.8. The molecule has 0 aliphatic carbocycles. The maximum atomic E-state index is 13.8. The van der Waals surface area contributed by atoms with Gasteiger partial charge in [0.15, 0.2) is 0 Å². The van der Waals surface area contributed by atoms with E-state index >= 15 is 0 Å². The van der Waals surface area contributed by atoms with Crippen molar-refractivity contribution in [3.63, 3.8) is 0 Å². The predicted octanol–water partition coefficient (Wildman–Crippen LogP) is 4.64. The summed E-state index contributed by atoms with van der Waals surface area (Å²) in [5, 5.41) is 4.19. The van der Waals surface area contributed by atoms with Gasteiger partial charge in [-0.1, -0.05) is 0 Å². The van der Waals surface area contributed by atoms with Gasteiger partial charge in [-0.25, -0.2) is 19.7 Å². The van der Waals surface area contributed by atoms with Crippen molar-refractivity contribution in [1.29, 1.82) is 0 Å². The van der Waals surface area contributed by atoms with E-state index in [2.05, 4.69) is 20.2 Å². The van der Waals surface area contributed by atoms with Gasteiger partial charge in [-0.05, 0) is 51.5 Å². The lowest BCUT2D eigenvalue weighted by atomic mass is 10.0. The van der Waals surface area contributed by atoms with E-state index < -0.39 is 17.6 Å². The Morgan fingerprint density at radius 3 is 2.68 bits per heavy atom. The largest absolute Gasteiger partial charge is 0.443 e. The minimum absolute atomic E-state index is 0.0452. The predicted molar refractivity (Wildman–Crippen MR) is 153 cm³/mol. The van der Waals surface area contributed by atoms with E-state index in [9.17, 15) is 9.59 Å². The van der Waals surface area contributed by atoms with Crippen LogP contribution in [0.1, 0.15) is 43.1 Å². The molecule has 2 amide bonds. The van der Waals surface area contributed by atoms with Crippen molar-refractivity contribution in [3.8, 4) is 11.3 Å². The zero-order valence-corrected chi connectivity index (χ0v) is 23.4. The summed E-state index contributed by atoms with van der Waals surface area (Å²) in [6.45, 7) is 6.99. The summed E-state index contributed by atoms with van der Waals surface area (Å²) >= 11 is 0. The van der Waals surface area contributed by atoms with E-state index in [1.165, 1.54) is 0 Å². The number of aromatic nitrogens is 4. The smallest absolute Gasteiger partial charge is 0.417 e. The minimum atomic E-state index is -0.748. The zero-order chi connectivity index (χ0) is 28.5. The van der Waals surface area contributed by atoms with Crippen molar-refractivity contribution >= 4 is 40.2 Å². The van der Waals surface area contributed by atoms with Crippen LogP contribution in [0.4, 0.5) is 22.0 Å². The molecule has 4 aromatic rings. The summed E-state index contributed by atoms with van der Waals surface area (Å²) in [6.07, 6.45) is 7.78. The van der Waals surface area contributed by atoms with Gasteiger partial charge in [-0.15, -0.1) is 0 Å². The van der Waals surface area contributed by atoms with Gasteiger partial charge in [-0.3, -0.25) is 9.78 Å². The highest BCUT2D eigenvalue weighted by molar-refractivity contribution is 6.12. The fraction of sp³-hybridized carbons (Fsp3) is 0.367. The van der Waals surface area contributed by atoms with Crippen molar-refractivity contribution in [1.82, 2.24) is 24.4 Å². The number of hydrogen-bond donors (Lipinski definition) is 1. The second-order valence-corrected chi connectivity index (χ2v) is 11.8. The van der Waals surface area contributed by atoms with Crippen LogP contribution in [-0.4, -0.2) is 67.3 Å². The number of hydrogen-bond acceptors (Lipinski definition) is 9. The van der Waals surface area contributed by atoms with Crippen molar-refractivity contribution in [2.45, 2.75) is 51.5 Å². The van der Waals surface area contributed by atoms with Gasteiger partial charge in [0.25, 0.3) is 5.91 Å². The molecule has 2 saturated heterocycles. The number of fused-ring (bicyclic) bond motifs is 4. The number of anilines is 3. The molecule has 3 aliphatic heterocycles. The van der Waals surface area contributed by atoms with Crippen LogP contribution in [0.15, 0.2) is 49.1 Å². The Labute approximate surface area is 237 Å². The number of ether oxygens (including phenoxy) is 2. The molecule has 2 fully saturated rings. The Morgan fingerprint density at radius 2 is 1.98 bits per heavy atom. The van der Waals surface area contributed by atoms with Gasteiger partial charge in [0.2, 0.25) is 0 Å². The number of aryl methyl sites for hydroxylation is 1. The lowest BCUT2D eigenvalue weighted by Gasteiger charge is -2.28. The number of imide groups is 1. The summed E-state index contributed by atoms with van der Waals surface area (Å²) < 4.78 is 13.2. The molecule has 0 unspecified atom stereocenters. The summed E-state index contributed by atoms with van der Waals surface area (Å²) in [7, 11) is 1.93. The highest BCUT2D eigenvalue weighted by Gasteiger charge is 2.40. The topological polar surface area (TPSA) is 115 Å². The number of nitrogens with zero attached hydrogens (tertiary/aromatic N) is 6. The monoisotopic (exact) mass is 553 g/mol. The van der Waals surface area contributed by atoms with Crippen LogP contribution in [0.2, 0.25) is 0 Å². The second-order valence-electron chi connectivity index (χ2n) is 11.8. The molecule has 0 aromatic carbocycles. The lowest BCUT2D eigenvalue weighted by Crippen LogP contribution is -2.37. The number of rotatable bonds is 4. The summed E-state index contributed by atoms with van der Waals surface area (Å²) in [5.74, 6) is 0.132. The van der Waals surface area contributed by atoms with Crippen LogP contribution in [-0.2, 0) is 23.1 Å². The molecule has 1 N–H and O–H groups in total. The standard InChI is InChI=1S/C30H31N7O4/c1-30(2,3)41-29(39)37-15-22-25(28(37)38)23(13-33-26(22)20-7-9-31-27-21(20)8-10-35(27)4)34-24-6-5-17(12-32-24)36-14-19-11-18(36)16-40-19/h5-10,12-13,18-19H,11,14-16H2,1-4H3,(H,32,34)/t18-,19-/m0/s1. The molecule has 4 aromatic heterocycles. The fourth-order valence-electron chi connectivity index (χ4n) is 5.96. The number of nitrogens with one attached hydrogen (secondary N) is 1. The van der Waals surface area contributed by atoms with E-state index in [-0.39, 0.29) is 6.54 Å². The van der Waals surface area contributed by atoms with Crippen LogP contribution >= 0.6 is 0 Å². The van der Waals surface area contributed by atoms with Gasteiger partial charge >= 0.3 is 6.09 Å². The average molecular weight is 554 g/mol. The molecular formula is C30H31N7O4. The van der Waals surface area contributed by atoms with Gasteiger partial charge in [0, 0.05) is 42.5 Å². The molecule has 7 rings (SSSR count). The molecular weight excluding hydrogens is 522 g/mol. The molecule has 41 heavy (non-hydrogen) atoms. The molecule has 11 nitrogen and oxygen atoms in total. The fourth-order valence-corrected chi connectivity index (χ4v) is 5.96. The number of amides is 2. The lowest BCUT2D eigenvalue weighted by molar-refractivity contribution is 0.0248. The first kappa shape index (κ1) is 25.5. The first-order valence-corrected chi connectivity index (χ1v) is 13.7. The number of carbonyl (C=O) groups is 2. The first-order chi connectivity index (χ1) is 19.7. The van der Waals surface area contributed by atoms with E-state index in [0.29, 0.717) is 40.5 Å². The summed E-state index contributed by atoms with van der Waals surface area (Å²) in [5.41, 5.74) is 4.06. The molecule has 7 heterocycles. The third-order valence-corrected chi connectivity index (χ3v) is 7.83. The van der Waals surface area contributed by atoms with E-state index in [4.69, 9.17) is 14.5 Å². The Balaban J connectivity index is 1.26. The molecule has 2 atom stereocenters. The van der Waals surface area contributed by atoms with Crippen LogP contribution in [0.5, 0.6) is 0 Å². The van der Waals surface area contributed by atoms with Crippen molar-refractivity contribution in [2.75, 3.05) is 23.4 Å². The summed E-state index contributed by atoms with van der Waals surface area (Å²) in [4.78, 5) is 44.3. The molecule has 0 radical (unpaired) electrons. The minimum Gasteiger partial charge on any atom is -0.443 e. The van der Waals surface area contributed by atoms with Gasteiger partial charge < -0.3 is 24.3 Å².